The molecule has 6 nitrogen and oxygen atoms in total. The van der Waals surface area contributed by atoms with Gasteiger partial charge >= 0.3 is 5.69 Å². The lowest BCUT2D eigenvalue weighted by atomic mass is 10.0. The van der Waals surface area contributed by atoms with Crippen LogP contribution in [0, 0.1) is 35.3 Å². The number of hydrogen-bond donors (Lipinski definition) is 1. The third kappa shape index (κ3) is 3.68. The molecule has 0 aliphatic carbocycles. The van der Waals surface area contributed by atoms with Crippen molar-refractivity contribution in [2.24, 2.45) is 0 Å². The lowest BCUT2D eigenvalue weighted by molar-refractivity contribution is -0.386. The summed E-state index contributed by atoms with van der Waals surface area (Å²) < 4.78 is 5.55. The van der Waals surface area contributed by atoms with Crippen molar-refractivity contribution in [3.63, 3.8) is 0 Å². The zero-order valence-corrected chi connectivity index (χ0v) is 12.2. The minimum atomic E-state index is -0.701. The molecule has 0 aromatic heterocycles. The third-order valence-corrected chi connectivity index (χ3v) is 3.24. The minimum absolute atomic E-state index is 0.0365. The number of nitrogens with zero attached hydrogens (tertiary/aromatic N) is 2. The van der Waals surface area contributed by atoms with Gasteiger partial charge in [-0.05, 0) is 38.9 Å². The van der Waals surface area contributed by atoms with E-state index in [1.165, 1.54) is 6.07 Å². The molecule has 1 aromatic rings. The van der Waals surface area contributed by atoms with Crippen LogP contribution in [0.25, 0.3) is 0 Å². The first kappa shape index (κ1) is 15.9. The summed E-state index contributed by atoms with van der Waals surface area (Å²) in [5.74, 6) is 0.275. The van der Waals surface area contributed by atoms with E-state index in [4.69, 9.17) is 10.00 Å². The van der Waals surface area contributed by atoms with E-state index < -0.39 is 10.5 Å². The van der Waals surface area contributed by atoms with E-state index in [1.54, 1.807) is 27.8 Å². The average Bonchev–Trinajstić information content (AvgIpc) is 2.40. The maximum absolute atomic E-state index is 11.1. The first-order valence-corrected chi connectivity index (χ1v) is 6.31. The molecular formula is C14H19N3O3. The highest BCUT2D eigenvalue weighted by atomic mass is 16.6. The molecule has 1 N–H and O–H groups in total. The van der Waals surface area contributed by atoms with Crippen molar-refractivity contribution in [3.8, 4) is 11.8 Å². The average molecular weight is 277 g/mol. The van der Waals surface area contributed by atoms with E-state index in [2.05, 4.69) is 11.4 Å². The Labute approximate surface area is 118 Å². The second kappa shape index (κ2) is 6.35. The van der Waals surface area contributed by atoms with Gasteiger partial charge in [-0.15, -0.1) is 0 Å². The molecular weight excluding hydrogens is 258 g/mol. The molecule has 0 saturated carbocycles. The number of aryl methyl sites for hydroxylation is 2. The molecule has 0 fully saturated rings. The van der Waals surface area contributed by atoms with Crippen LogP contribution in [0.5, 0.6) is 5.75 Å². The summed E-state index contributed by atoms with van der Waals surface area (Å²) in [5.41, 5.74) is 0.803. The predicted molar refractivity (Wildman–Crippen MR) is 75.8 cm³/mol. The number of hydrogen-bond acceptors (Lipinski definition) is 5. The summed E-state index contributed by atoms with van der Waals surface area (Å²) in [7, 11) is 1.70. The van der Waals surface area contributed by atoms with Crippen molar-refractivity contribution in [1.29, 1.82) is 5.26 Å². The summed E-state index contributed by atoms with van der Waals surface area (Å²) >= 11 is 0. The molecule has 1 unspecified atom stereocenters. The smallest absolute Gasteiger partial charge is 0.311 e. The van der Waals surface area contributed by atoms with Gasteiger partial charge in [-0.3, -0.25) is 10.1 Å². The zero-order valence-electron chi connectivity index (χ0n) is 12.2. The molecule has 108 valence electrons. The van der Waals surface area contributed by atoms with Crippen molar-refractivity contribution in [3.05, 3.63) is 33.4 Å². The molecule has 0 amide bonds. The van der Waals surface area contributed by atoms with Crippen molar-refractivity contribution in [1.82, 2.24) is 5.32 Å². The Morgan fingerprint density at radius 3 is 2.65 bits per heavy atom. The van der Waals surface area contributed by atoms with Crippen LogP contribution in [0.2, 0.25) is 0 Å². The molecule has 1 aromatic carbocycles. The van der Waals surface area contributed by atoms with Crippen LogP contribution in [0.1, 0.15) is 24.5 Å². The second-order valence-electron chi connectivity index (χ2n) is 4.98. The number of nitrogens with one attached hydrogen (secondary N) is 1. The van der Waals surface area contributed by atoms with Gasteiger partial charge in [0, 0.05) is 12.5 Å². The van der Waals surface area contributed by atoms with Crippen LogP contribution in [-0.2, 0) is 0 Å². The van der Waals surface area contributed by atoms with Crippen LogP contribution in [0.3, 0.4) is 0 Å². The molecule has 0 saturated heterocycles. The number of nitro benzene ring substituents is 1. The standard InChI is InChI=1S/C14H19N3O3/c1-10-7-11(2)13(12(8-10)17(18)19)20-6-5-14(3,9-15)16-4/h7-8,16H,5-6H2,1-4H3. The van der Waals surface area contributed by atoms with Crippen LogP contribution in [-0.4, -0.2) is 24.1 Å². The van der Waals surface area contributed by atoms with Crippen LogP contribution in [0.4, 0.5) is 5.69 Å². The number of nitro groups is 1. The summed E-state index contributed by atoms with van der Waals surface area (Å²) in [6.45, 7) is 5.57. The van der Waals surface area contributed by atoms with E-state index in [0.29, 0.717) is 6.42 Å². The minimum Gasteiger partial charge on any atom is -0.487 e. The molecule has 0 spiro atoms. The molecule has 20 heavy (non-hydrogen) atoms. The topological polar surface area (TPSA) is 88.2 Å². The zero-order chi connectivity index (χ0) is 15.3. The Balaban J connectivity index is 2.89. The van der Waals surface area contributed by atoms with E-state index >= 15 is 0 Å². The van der Waals surface area contributed by atoms with Gasteiger partial charge in [-0.2, -0.15) is 5.26 Å². The number of benzene rings is 1. The maximum atomic E-state index is 11.1. The maximum Gasteiger partial charge on any atom is 0.311 e. The van der Waals surface area contributed by atoms with Crippen LogP contribution in [0.15, 0.2) is 12.1 Å². The molecule has 1 atom stereocenters. The Morgan fingerprint density at radius 1 is 1.50 bits per heavy atom. The number of ether oxygens (including phenoxy) is 1. The lowest BCUT2D eigenvalue weighted by Gasteiger charge is -2.20. The third-order valence-electron chi connectivity index (χ3n) is 3.24. The quantitative estimate of drug-likeness (QED) is 0.637. The number of rotatable bonds is 6. The van der Waals surface area contributed by atoms with E-state index in [1.807, 2.05) is 6.07 Å². The summed E-state index contributed by atoms with van der Waals surface area (Å²) in [6, 6.07) is 5.48. The van der Waals surface area contributed by atoms with Gasteiger partial charge in [0.1, 0.15) is 5.54 Å². The van der Waals surface area contributed by atoms with E-state index in [-0.39, 0.29) is 18.0 Å². The lowest BCUT2D eigenvalue weighted by Crippen LogP contribution is -2.39. The molecule has 0 heterocycles. The predicted octanol–water partition coefficient (Wildman–Crippen LogP) is 2.48. The summed E-state index contributed by atoms with van der Waals surface area (Å²) in [6.07, 6.45) is 0.435. The van der Waals surface area contributed by atoms with Gasteiger partial charge in [-0.25, -0.2) is 0 Å². The molecule has 1 rings (SSSR count). The highest BCUT2D eigenvalue weighted by Crippen LogP contribution is 2.32. The largest absolute Gasteiger partial charge is 0.487 e. The monoisotopic (exact) mass is 277 g/mol. The first-order chi connectivity index (χ1) is 9.33. The van der Waals surface area contributed by atoms with Gasteiger partial charge in [0.25, 0.3) is 0 Å². The Hall–Kier alpha value is -2.13. The van der Waals surface area contributed by atoms with Crippen LogP contribution >= 0.6 is 0 Å². The first-order valence-electron chi connectivity index (χ1n) is 6.31. The fraction of sp³-hybridized carbons (Fsp3) is 0.500. The highest BCUT2D eigenvalue weighted by molar-refractivity contribution is 5.53. The molecule has 0 aliphatic heterocycles. The van der Waals surface area contributed by atoms with Crippen LogP contribution < -0.4 is 10.1 Å². The molecule has 0 bridgehead atoms. The van der Waals surface area contributed by atoms with Gasteiger partial charge < -0.3 is 10.1 Å². The Kier molecular flexibility index (Phi) is 5.06. The van der Waals surface area contributed by atoms with E-state index in [0.717, 1.165) is 11.1 Å². The summed E-state index contributed by atoms with van der Waals surface area (Å²) in [4.78, 5) is 10.6. The van der Waals surface area contributed by atoms with E-state index in [9.17, 15) is 10.1 Å². The molecule has 0 radical (unpaired) electrons. The van der Waals surface area contributed by atoms with Crippen molar-refractivity contribution < 1.29 is 9.66 Å². The number of nitriles is 1. The molecule has 0 aliphatic rings. The Morgan fingerprint density at radius 2 is 2.15 bits per heavy atom. The summed E-state index contributed by atoms with van der Waals surface area (Å²) in [5, 5.41) is 23.0. The van der Waals surface area contributed by atoms with Gasteiger partial charge in [-0.1, -0.05) is 6.07 Å². The van der Waals surface area contributed by atoms with Crippen molar-refractivity contribution in [2.45, 2.75) is 32.7 Å². The van der Waals surface area contributed by atoms with Gasteiger partial charge in [0.15, 0.2) is 5.75 Å². The fourth-order valence-electron chi connectivity index (χ4n) is 1.85. The van der Waals surface area contributed by atoms with Crippen molar-refractivity contribution in [2.75, 3.05) is 13.7 Å². The normalized spacial score (nSPS) is 13.3. The van der Waals surface area contributed by atoms with Gasteiger partial charge in [0.05, 0.1) is 17.6 Å². The molecule has 6 heteroatoms. The van der Waals surface area contributed by atoms with Gasteiger partial charge in [0.2, 0.25) is 0 Å². The van der Waals surface area contributed by atoms with Crippen molar-refractivity contribution >= 4 is 5.69 Å². The second-order valence-corrected chi connectivity index (χ2v) is 4.98. The SMILES string of the molecule is CNC(C)(C#N)CCOc1c(C)cc(C)cc1[N+](=O)[O-]. The fourth-order valence-corrected chi connectivity index (χ4v) is 1.85. The highest BCUT2D eigenvalue weighted by Gasteiger charge is 2.23. The Bertz CT molecular complexity index is 551.